The Morgan fingerprint density at radius 3 is 3.00 bits per heavy atom. The average Bonchev–Trinajstić information content (AvgIpc) is 2.17. The van der Waals surface area contributed by atoms with Crippen LogP contribution in [-0.4, -0.2) is 17.6 Å². The summed E-state index contributed by atoms with van der Waals surface area (Å²) in [4.78, 5) is 15.1. The first-order valence-electron chi connectivity index (χ1n) is 4.70. The summed E-state index contributed by atoms with van der Waals surface area (Å²) in [6.07, 6.45) is 4.56. The summed E-state index contributed by atoms with van der Waals surface area (Å²) in [5, 5.41) is 0. The smallest absolute Gasteiger partial charge is 0.330 e. The van der Waals surface area contributed by atoms with Crippen LogP contribution in [0.1, 0.15) is 18.2 Å². The molecule has 0 unspecified atom stereocenters. The van der Waals surface area contributed by atoms with Crippen molar-refractivity contribution < 1.29 is 9.53 Å². The van der Waals surface area contributed by atoms with Gasteiger partial charge in [-0.05, 0) is 31.6 Å². The van der Waals surface area contributed by atoms with Crippen LogP contribution in [0.5, 0.6) is 0 Å². The lowest BCUT2D eigenvalue weighted by Gasteiger charge is -2.00. The predicted molar refractivity (Wildman–Crippen MR) is 59.1 cm³/mol. The Kier molecular flexibility index (Phi) is 3.85. The normalized spacial score (nSPS) is 10.5. The number of carbonyl (C=O) groups is 1. The number of aromatic nitrogens is 1. The number of aryl methyl sites for hydroxylation is 1. The lowest BCUT2D eigenvalue weighted by Crippen LogP contribution is -1.99. The van der Waals surface area contributed by atoms with Gasteiger partial charge in [0.05, 0.1) is 18.0 Å². The van der Waals surface area contributed by atoms with E-state index in [0.717, 1.165) is 5.56 Å². The molecule has 80 valence electrons. The summed E-state index contributed by atoms with van der Waals surface area (Å²) >= 11 is 0. The molecule has 0 radical (unpaired) electrons. The number of nitrogens with two attached hydrogens (primary N) is 1. The Labute approximate surface area is 88.8 Å². The zero-order valence-electron chi connectivity index (χ0n) is 8.86. The van der Waals surface area contributed by atoms with Crippen LogP contribution in [0.2, 0.25) is 0 Å². The molecule has 15 heavy (non-hydrogen) atoms. The zero-order chi connectivity index (χ0) is 11.3. The third-order valence-corrected chi connectivity index (χ3v) is 1.75. The van der Waals surface area contributed by atoms with E-state index in [1.54, 1.807) is 25.3 Å². The van der Waals surface area contributed by atoms with Gasteiger partial charge in [-0.1, -0.05) is 0 Å². The SMILES string of the molecule is CCOC(=O)C=Cc1ncc(C)cc1N. The third kappa shape index (κ3) is 3.42. The third-order valence-electron chi connectivity index (χ3n) is 1.75. The molecule has 0 amide bonds. The van der Waals surface area contributed by atoms with Crippen LogP contribution in [0.25, 0.3) is 6.08 Å². The lowest BCUT2D eigenvalue weighted by molar-refractivity contribution is -0.137. The average molecular weight is 206 g/mol. The molecular formula is C11H14N2O2. The van der Waals surface area contributed by atoms with Gasteiger partial charge in [-0.2, -0.15) is 0 Å². The van der Waals surface area contributed by atoms with Crippen LogP contribution in [0.15, 0.2) is 18.3 Å². The van der Waals surface area contributed by atoms with Crippen molar-refractivity contribution in [1.82, 2.24) is 4.98 Å². The highest BCUT2D eigenvalue weighted by Crippen LogP contribution is 2.11. The van der Waals surface area contributed by atoms with E-state index in [0.29, 0.717) is 18.0 Å². The van der Waals surface area contributed by atoms with Crippen molar-refractivity contribution in [2.75, 3.05) is 12.3 Å². The molecule has 0 aromatic carbocycles. The van der Waals surface area contributed by atoms with Gasteiger partial charge >= 0.3 is 5.97 Å². The van der Waals surface area contributed by atoms with Crippen LogP contribution in [0.3, 0.4) is 0 Å². The fraction of sp³-hybridized carbons (Fsp3) is 0.273. The Hall–Kier alpha value is -1.84. The number of ether oxygens (including phenoxy) is 1. The van der Waals surface area contributed by atoms with Gasteiger partial charge in [0.1, 0.15) is 0 Å². The Morgan fingerprint density at radius 2 is 2.40 bits per heavy atom. The number of hydrogen-bond donors (Lipinski definition) is 1. The van der Waals surface area contributed by atoms with Gasteiger partial charge in [0.25, 0.3) is 0 Å². The lowest BCUT2D eigenvalue weighted by atomic mass is 10.2. The van der Waals surface area contributed by atoms with Crippen molar-refractivity contribution >= 4 is 17.7 Å². The predicted octanol–water partition coefficient (Wildman–Crippen LogP) is 1.55. The Bertz CT molecular complexity index is 386. The van der Waals surface area contributed by atoms with Crippen LogP contribution in [0, 0.1) is 6.92 Å². The minimum Gasteiger partial charge on any atom is -0.463 e. The molecule has 0 aliphatic heterocycles. The second kappa shape index (κ2) is 5.14. The van der Waals surface area contributed by atoms with Crippen LogP contribution >= 0.6 is 0 Å². The summed E-state index contributed by atoms with van der Waals surface area (Å²) in [6.45, 7) is 4.02. The first kappa shape index (κ1) is 11.2. The number of pyridine rings is 1. The first-order chi connectivity index (χ1) is 7.13. The highest BCUT2D eigenvalue weighted by Gasteiger charge is 1.98. The number of carbonyl (C=O) groups excluding carboxylic acids is 1. The molecule has 0 fully saturated rings. The number of anilines is 1. The summed E-state index contributed by atoms with van der Waals surface area (Å²) in [7, 11) is 0. The van der Waals surface area contributed by atoms with Crippen LogP contribution in [-0.2, 0) is 9.53 Å². The van der Waals surface area contributed by atoms with Crippen molar-refractivity contribution in [1.29, 1.82) is 0 Å². The van der Waals surface area contributed by atoms with Crippen molar-refractivity contribution in [2.45, 2.75) is 13.8 Å². The molecule has 0 saturated carbocycles. The van der Waals surface area contributed by atoms with Gasteiger partial charge in [0.15, 0.2) is 0 Å². The standard InChI is InChI=1S/C11H14N2O2/c1-3-15-11(14)5-4-10-9(12)6-8(2)7-13-10/h4-7H,3,12H2,1-2H3. The molecule has 2 N–H and O–H groups in total. The maximum atomic E-state index is 11.0. The van der Waals surface area contributed by atoms with Gasteiger partial charge in [-0.3, -0.25) is 4.98 Å². The number of rotatable bonds is 3. The highest BCUT2D eigenvalue weighted by molar-refractivity contribution is 5.87. The molecular weight excluding hydrogens is 192 g/mol. The molecule has 1 aromatic heterocycles. The van der Waals surface area contributed by atoms with E-state index in [4.69, 9.17) is 10.5 Å². The van der Waals surface area contributed by atoms with E-state index in [-0.39, 0.29) is 5.97 Å². The van der Waals surface area contributed by atoms with E-state index in [2.05, 4.69) is 4.98 Å². The van der Waals surface area contributed by atoms with Crippen molar-refractivity contribution in [3.63, 3.8) is 0 Å². The van der Waals surface area contributed by atoms with E-state index < -0.39 is 0 Å². The van der Waals surface area contributed by atoms with Gasteiger partial charge in [-0.25, -0.2) is 4.79 Å². The van der Waals surface area contributed by atoms with E-state index in [1.807, 2.05) is 6.92 Å². The monoisotopic (exact) mass is 206 g/mol. The van der Waals surface area contributed by atoms with Crippen LogP contribution in [0.4, 0.5) is 5.69 Å². The van der Waals surface area contributed by atoms with Gasteiger partial charge in [-0.15, -0.1) is 0 Å². The molecule has 1 rings (SSSR count). The van der Waals surface area contributed by atoms with Gasteiger partial charge in [0.2, 0.25) is 0 Å². The van der Waals surface area contributed by atoms with Crippen molar-refractivity contribution in [2.24, 2.45) is 0 Å². The molecule has 0 bridgehead atoms. The van der Waals surface area contributed by atoms with E-state index in [9.17, 15) is 4.79 Å². The fourth-order valence-corrected chi connectivity index (χ4v) is 1.08. The second-order valence-corrected chi connectivity index (χ2v) is 3.07. The molecule has 0 spiro atoms. The van der Waals surface area contributed by atoms with Gasteiger partial charge < -0.3 is 10.5 Å². The first-order valence-corrected chi connectivity index (χ1v) is 4.70. The van der Waals surface area contributed by atoms with Gasteiger partial charge in [0, 0.05) is 12.3 Å². The minimum atomic E-state index is -0.390. The zero-order valence-corrected chi connectivity index (χ0v) is 8.86. The molecule has 1 aromatic rings. The summed E-state index contributed by atoms with van der Waals surface area (Å²) in [5.41, 5.74) is 7.83. The number of nitrogen functional groups attached to an aromatic ring is 1. The summed E-state index contributed by atoms with van der Waals surface area (Å²) in [5.74, 6) is -0.390. The topological polar surface area (TPSA) is 65.2 Å². The fourth-order valence-electron chi connectivity index (χ4n) is 1.08. The second-order valence-electron chi connectivity index (χ2n) is 3.07. The molecule has 0 saturated heterocycles. The minimum absolute atomic E-state index is 0.361. The molecule has 0 aliphatic carbocycles. The number of nitrogens with zero attached hydrogens (tertiary/aromatic N) is 1. The number of hydrogen-bond acceptors (Lipinski definition) is 4. The molecule has 4 nitrogen and oxygen atoms in total. The molecule has 0 aliphatic rings. The Morgan fingerprint density at radius 1 is 1.67 bits per heavy atom. The quantitative estimate of drug-likeness (QED) is 0.602. The summed E-state index contributed by atoms with van der Waals surface area (Å²) in [6, 6.07) is 1.80. The largest absolute Gasteiger partial charge is 0.463 e. The molecule has 1 heterocycles. The number of esters is 1. The maximum Gasteiger partial charge on any atom is 0.330 e. The van der Waals surface area contributed by atoms with Crippen molar-refractivity contribution in [3.05, 3.63) is 29.6 Å². The summed E-state index contributed by atoms with van der Waals surface area (Å²) < 4.78 is 4.73. The Balaban J connectivity index is 2.76. The van der Waals surface area contributed by atoms with Crippen LogP contribution < -0.4 is 5.73 Å². The van der Waals surface area contributed by atoms with Crippen molar-refractivity contribution in [3.8, 4) is 0 Å². The van der Waals surface area contributed by atoms with E-state index in [1.165, 1.54) is 6.08 Å². The van der Waals surface area contributed by atoms with E-state index >= 15 is 0 Å². The highest BCUT2D eigenvalue weighted by atomic mass is 16.5. The maximum absolute atomic E-state index is 11.0. The molecule has 0 atom stereocenters. The molecule has 4 heteroatoms.